The van der Waals surface area contributed by atoms with Crippen LogP contribution in [0.15, 0.2) is 60.9 Å². The fourth-order valence-electron chi connectivity index (χ4n) is 7.52. The van der Waals surface area contributed by atoms with Gasteiger partial charge in [-0.1, -0.05) is 76.2 Å². The number of amides is 6. The van der Waals surface area contributed by atoms with Crippen LogP contribution in [-0.2, 0) is 9.59 Å². The number of hydrogen-bond acceptors (Lipinski definition) is 6. The lowest BCUT2D eigenvalue weighted by Crippen LogP contribution is -2.53. The smallest absolute Gasteiger partial charge is 0.317 e. The third-order valence-electron chi connectivity index (χ3n) is 10.8. The molecule has 0 spiro atoms. The Morgan fingerprint density at radius 3 is 1.27 bits per heavy atom. The highest BCUT2D eigenvalue weighted by molar-refractivity contribution is 5.88. The molecule has 56 heavy (non-hydrogen) atoms. The van der Waals surface area contributed by atoms with Crippen molar-refractivity contribution in [3.8, 4) is 33.6 Å². The number of H-pyrrole nitrogens is 2. The largest absolute Gasteiger partial charge is 0.346 e. The molecule has 2 fully saturated rings. The molecule has 14 nitrogen and oxygen atoms in total. The second-order valence-corrected chi connectivity index (χ2v) is 16.0. The molecule has 4 heterocycles. The lowest BCUT2D eigenvalue weighted by atomic mass is 10.0. The number of nitrogens with one attached hydrogen (secondary N) is 4. The van der Waals surface area contributed by atoms with Crippen LogP contribution in [0.3, 0.4) is 0 Å². The van der Waals surface area contributed by atoms with Crippen LogP contribution in [-0.4, -0.2) is 117 Å². The number of carbonyl (C=O) groups excluding carboxylic acids is 4. The van der Waals surface area contributed by atoms with Crippen LogP contribution < -0.4 is 10.6 Å². The summed E-state index contributed by atoms with van der Waals surface area (Å²) in [5.74, 6) is 1.19. The Balaban J connectivity index is 1.10. The van der Waals surface area contributed by atoms with Crippen LogP contribution in [0.2, 0.25) is 0 Å². The third kappa shape index (κ3) is 8.58. The summed E-state index contributed by atoms with van der Waals surface area (Å²) in [4.78, 5) is 75.2. The number of aromatic nitrogens is 4. The first-order valence-corrected chi connectivity index (χ1v) is 19.6. The zero-order chi connectivity index (χ0) is 40.3. The Labute approximate surface area is 329 Å². The molecule has 2 aliphatic rings. The fraction of sp³-hybridized carbons (Fsp3) is 0.476. The van der Waals surface area contributed by atoms with Crippen LogP contribution in [0.5, 0.6) is 0 Å². The minimum absolute atomic E-state index is 0.0615. The zero-order valence-corrected chi connectivity index (χ0v) is 33.8. The number of imidazole rings is 2. The minimum Gasteiger partial charge on any atom is -0.346 e. The molecule has 2 aromatic carbocycles. The maximum absolute atomic E-state index is 13.7. The number of carbonyl (C=O) groups is 4. The van der Waals surface area contributed by atoms with Crippen LogP contribution >= 0.6 is 0 Å². The molecular weight excluding hydrogens is 709 g/mol. The quantitative estimate of drug-likeness (QED) is 0.145. The van der Waals surface area contributed by atoms with Gasteiger partial charge in [0.25, 0.3) is 0 Å². The molecule has 2 saturated heterocycles. The molecule has 0 radical (unpaired) electrons. The van der Waals surface area contributed by atoms with Gasteiger partial charge >= 0.3 is 12.1 Å². The van der Waals surface area contributed by atoms with Crippen molar-refractivity contribution in [3.05, 3.63) is 72.6 Å². The van der Waals surface area contributed by atoms with Crippen LogP contribution in [0.4, 0.5) is 9.59 Å². The molecule has 2 aliphatic heterocycles. The van der Waals surface area contributed by atoms with Gasteiger partial charge in [-0.25, -0.2) is 19.6 Å². The predicted octanol–water partition coefficient (Wildman–Crippen LogP) is 6.05. The van der Waals surface area contributed by atoms with Gasteiger partial charge in [-0.05, 0) is 48.6 Å². The number of aromatic amines is 2. The van der Waals surface area contributed by atoms with E-state index in [-0.39, 0.29) is 47.8 Å². The molecule has 0 saturated carbocycles. The van der Waals surface area contributed by atoms with Crippen molar-refractivity contribution in [3.63, 3.8) is 0 Å². The molecule has 6 rings (SSSR count). The van der Waals surface area contributed by atoms with Crippen molar-refractivity contribution >= 4 is 23.9 Å². The third-order valence-corrected chi connectivity index (χ3v) is 10.8. The minimum atomic E-state index is -0.619. The van der Waals surface area contributed by atoms with E-state index in [1.54, 1.807) is 28.2 Å². The molecule has 4 N–H and O–H groups in total. The summed E-state index contributed by atoms with van der Waals surface area (Å²) >= 11 is 0. The summed E-state index contributed by atoms with van der Waals surface area (Å²) in [6, 6.07) is 14.3. The van der Waals surface area contributed by atoms with Gasteiger partial charge < -0.3 is 40.2 Å². The molecule has 4 atom stereocenters. The van der Waals surface area contributed by atoms with Crippen LogP contribution in [0, 0.1) is 11.8 Å². The van der Waals surface area contributed by atoms with E-state index in [2.05, 4.69) is 69.1 Å². The van der Waals surface area contributed by atoms with Gasteiger partial charge in [0, 0.05) is 64.8 Å². The van der Waals surface area contributed by atoms with Crippen LogP contribution in [0.25, 0.3) is 33.6 Å². The summed E-state index contributed by atoms with van der Waals surface area (Å²) in [7, 11) is 6.66. The van der Waals surface area contributed by atoms with E-state index in [1.807, 2.05) is 49.9 Å². The number of likely N-dealkylation sites (tertiary alicyclic amines) is 2. The first-order valence-electron chi connectivity index (χ1n) is 19.6. The van der Waals surface area contributed by atoms with Gasteiger partial charge in [-0.2, -0.15) is 0 Å². The Kier molecular flexibility index (Phi) is 12.2. The molecule has 298 valence electrons. The number of benzene rings is 2. The van der Waals surface area contributed by atoms with Gasteiger partial charge in [0.1, 0.15) is 23.7 Å². The molecule has 6 amide bonds. The highest BCUT2D eigenvalue weighted by Gasteiger charge is 2.39. The standard InChI is InChI=1S/C42H56N10O4/c1-25(2)35(47-41(55)49(5)6)39(53)51-21-9-11-33(51)37-43-23-31(45-37)29-17-13-27(14-18-29)28-15-19-30(20-16-28)32-24-44-38(46-32)34-12-10-22-52(34)40(54)36(26(3)4)48-42(56)50(7)8/h13-20,23-26,33-36H,9-12,21-22H2,1-8H3,(H,43,45)(H,44,46)(H,47,55)(H,48,56)/t33-,34-,35?,36?/m0/s1. The topological polar surface area (TPSA) is 163 Å². The van der Waals surface area contributed by atoms with Crippen molar-refractivity contribution in [1.82, 2.24) is 50.2 Å². The van der Waals surface area contributed by atoms with Gasteiger partial charge in [-0.3, -0.25) is 9.59 Å². The van der Waals surface area contributed by atoms with E-state index >= 15 is 0 Å². The normalized spacial score (nSPS) is 18.0. The van der Waals surface area contributed by atoms with E-state index < -0.39 is 12.1 Å². The number of urea groups is 2. The first kappa shape index (κ1) is 40.0. The zero-order valence-electron chi connectivity index (χ0n) is 33.8. The average molecular weight is 765 g/mol. The highest BCUT2D eigenvalue weighted by Crippen LogP contribution is 2.35. The summed E-state index contributed by atoms with van der Waals surface area (Å²) in [5, 5.41) is 5.78. The summed E-state index contributed by atoms with van der Waals surface area (Å²) in [5.41, 5.74) is 5.66. The van der Waals surface area contributed by atoms with E-state index in [4.69, 9.17) is 9.97 Å². The Morgan fingerprint density at radius 1 is 0.607 bits per heavy atom. The Hall–Kier alpha value is -5.66. The highest BCUT2D eigenvalue weighted by atomic mass is 16.2. The predicted molar refractivity (Wildman–Crippen MR) is 216 cm³/mol. The average Bonchev–Trinajstić information content (AvgIpc) is 4.02. The van der Waals surface area contributed by atoms with Crippen molar-refractivity contribution < 1.29 is 19.2 Å². The lowest BCUT2D eigenvalue weighted by Gasteiger charge is -2.31. The van der Waals surface area contributed by atoms with Gasteiger partial charge in [-0.15, -0.1) is 0 Å². The first-order chi connectivity index (χ1) is 26.7. The van der Waals surface area contributed by atoms with Crippen molar-refractivity contribution in [2.24, 2.45) is 11.8 Å². The summed E-state index contributed by atoms with van der Waals surface area (Å²) < 4.78 is 0. The monoisotopic (exact) mass is 764 g/mol. The summed E-state index contributed by atoms with van der Waals surface area (Å²) in [6.07, 6.45) is 7.11. The maximum atomic E-state index is 13.7. The van der Waals surface area contributed by atoms with E-state index in [0.29, 0.717) is 13.1 Å². The van der Waals surface area contributed by atoms with Crippen molar-refractivity contribution in [1.29, 1.82) is 0 Å². The number of rotatable bonds is 11. The molecule has 0 aliphatic carbocycles. The molecule has 0 bridgehead atoms. The van der Waals surface area contributed by atoms with Gasteiger partial charge in [0.2, 0.25) is 11.8 Å². The van der Waals surface area contributed by atoms with E-state index in [0.717, 1.165) is 71.0 Å². The summed E-state index contributed by atoms with van der Waals surface area (Å²) in [6.45, 7) is 9.01. The molecule has 14 heteroatoms. The molecular formula is C42H56N10O4. The Bertz CT molecular complexity index is 1860. The fourth-order valence-corrected chi connectivity index (χ4v) is 7.52. The lowest BCUT2D eigenvalue weighted by molar-refractivity contribution is -0.136. The molecule has 2 aromatic heterocycles. The van der Waals surface area contributed by atoms with E-state index in [1.165, 1.54) is 9.80 Å². The number of nitrogens with zero attached hydrogens (tertiary/aromatic N) is 6. The van der Waals surface area contributed by atoms with Crippen LogP contribution in [0.1, 0.15) is 77.1 Å². The molecule has 4 aromatic rings. The molecule has 2 unspecified atom stereocenters. The van der Waals surface area contributed by atoms with E-state index in [9.17, 15) is 19.2 Å². The van der Waals surface area contributed by atoms with Gasteiger partial charge in [0.05, 0.1) is 23.5 Å². The second kappa shape index (κ2) is 17.0. The Morgan fingerprint density at radius 2 is 0.946 bits per heavy atom. The van der Waals surface area contributed by atoms with Gasteiger partial charge in [0.15, 0.2) is 0 Å². The maximum Gasteiger partial charge on any atom is 0.317 e. The SMILES string of the molecule is CC(C)C(NC(=O)N(C)C)C(=O)N1CCC[C@H]1c1nc(-c2ccc(-c3ccc(-c4c[nH]c([C@@H]5CCCN5C(=O)C(NC(=O)N(C)C)C(C)C)n4)cc3)cc2)c[nH]1. The second-order valence-electron chi connectivity index (χ2n) is 16.0. The van der Waals surface area contributed by atoms with Crippen molar-refractivity contribution in [2.75, 3.05) is 41.3 Å². The number of hydrogen-bond donors (Lipinski definition) is 4. The van der Waals surface area contributed by atoms with Crippen molar-refractivity contribution in [2.45, 2.75) is 77.5 Å².